The summed E-state index contributed by atoms with van der Waals surface area (Å²) in [6.45, 7) is 6.44. The number of hydrogen-bond donors (Lipinski definition) is 0. The SMILES string of the molecule is Cc1ccc2c(c1)nc(C(C)Cl)n2C(C)C1CCC1. The lowest BCUT2D eigenvalue weighted by Gasteiger charge is -2.33. The zero-order valence-electron chi connectivity index (χ0n) is 11.9. The van der Waals surface area contributed by atoms with Gasteiger partial charge in [0.25, 0.3) is 0 Å². The average molecular weight is 277 g/mol. The van der Waals surface area contributed by atoms with Crippen LogP contribution in [0.1, 0.15) is 55.9 Å². The lowest BCUT2D eigenvalue weighted by atomic mass is 9.80. The summed E-state index contributed by atoms with van der Waals surface area (Å²) < 4.78 is 2.37. The molecule has 0 amide bonds. The van der Waals surface area contributed by atoms with Crippen molar-refractivity contribution in [3.8, 4) is 0 Å². The molecule has 1 aromatic heterocycles. The molecule has 1 fully saturated rings. The quantitative estimate of drug-likeness (QED) is 0.721. The second-order valence-electron chi connectivity index (χ2n) is 5.88. The highest BCUT2D eigenvalue weighted by Crippen LogP contribution is 2.39. The number of nitrogens with zero attached hydrogens (tertiary/aromatic N) is 2. The summed E-state index contributed by atoms with van der Waals surface area (Å²) in [5, 5.41) is -0.0461. The number of alkyl halides is 1. The monoisotopic (exact) mass is 276 g/mol. The largest absolute Gasteiger partial charge is 0.324 e. The van der Waals surface area contributed by atoms with E-state index in [1.54, 1.807) is 0 Å². The molecule has 1 saturated carbocycles. The minimum absolute atomic E-state index is 0.0461. The minimum Gasteiger partial charge on any atom is -0.324 e. The number of rotatable bonds is 3. The molecule has 3 rings (SSSR count). The van der Waals surface area contributed by atoms with E-state index in [2.05, 4.69) is 36.6 Å². The van der Waals surface area contributed by atoms with Crippen molar-refractivity contribution in [1.29, 1.82) is 0 Å². The van der Waals surface area contributed by atoms with Gasteiger partial charge in [0.1, 0.15) is 5.82 Å². The highest BCUT2D eigenvalue weighted by Gasteiger charge is 2.28. The van der Waals surface area contributed by atoms with Crippen molar-refractivity contribution in [2.45, 2.75) is 51.5 Å². The summed E-state index contributed by atoms with van der Waals surface area (Å²) in [6, 6.07) is 7.01. The molecule has 0 bridgehead atoms. The van der Waals surface area contributed by atoms with Crippen molar-refractivity contribution >= 4 is 22.6 Å². The topological polar surface area (TPSA) is 17.8 Å². The van der Waals surface area contributed by atoms with Crippen LogP contribution >= 0.6 is 11.6 Å². The Morgan fingerprint density at radius 1 is 1.32 bits per heavy atom. The Morgan fingerprint density at radius 2 is 2.05 bits per heavy atom. The van der Waals surface area contributed by atoms with Gasteiger partial charge in [0, 0.05) is 6.04 Å². The first kappa shape index (κ1) is 13.0. The molecular formula is C16H21ClN2. The molecule has 0 saturated heterocycles. The van der Waals surface area contributed by atoms with Crippen LogP contribution in [0.2, 0.25) is 0 Å². The van der Waals surface area contributed by atoms with Crippen molar-refractivity contribution < 1.29 is 0 Å². The minimum atomic E-state index is -0.0461. The highest BCUT2D eigenvalue weighted by molar-refractivity contribution is 6.20. The molecular weight excluding hydrogens is 256 g/mol. The van der Waals surface area contributed by atoms with Crippen molar-refractivity contribution in [2.24, 2.45) is 5.92 Å². The van der Waals surface area contributed by atoms with Crippen LogP contribution in [0, 0.1) is 12.8 Å². The molecule has 2 nitrogen and oxygen atoms in total. The predicted molar refractivity (Wildman–Crippen MR) is 80.8 cm³/mol. The number of benzene rings is 1. The number of hydrogen-bond acceptors (Lipinski definition) is 1. The lowest BCUT2D eigenvalue weighted by molar-refractivity contribution is 0.223. The van der Waals surface area contributed by atoms with Crippen LogP contribution in [0.25, 0.3) is 11.0 Å². The number of halogens is 1. The fourth-order valence-electron chi connectivity index (χ4n) is 3.07. The van der Waals surface area contributed by atoms with Gasteiger partial charge in [-0.15, -0.1) is 11.6 Å². The molecule has 3 heteroatoms. The van der Waals surface area contributed by atoms with Crippen molar-refractivity contribution in [2.75, 3.05) is 0 Å². The smallest absolute Gasteiger partial charge is 0.127 e. The van der Waals surface area contributed by atoms with E-state index in [9.17, 15) is 0 Å². The highest BCUT2D eigenvalue weighted by atomic mass is 35.5. The first-order valence-electron chi connectivity index (χ1n) is 7.20. The standard InChI is InChI=1S/C16H21ClN2/c1-10-7-8-15-14(9-10)18-16(11(2)17)19(15)12(3)13-5-4-6-13/h7-9,11-13H,4-6H2,1-3H3. The number of imidazole rings is 1. The van der Waals surface area contributed by atoms with Gasteiger partial charge in [-0.25, -0.2) is 4.98 Å². The molecule has 1 heterocycles. The third-order valence-electron chi connectivity index (χ3n) is 4.47. The first-order chi connectivity index (χ1) is 9.08. The summed E-state index contributed by atoms with van der Waals surface area (Å²) in [6.07, 6.45) is 4.04. The molecule has 1 aliphatic carbocycles. The van der Waals surface area contributed by atoms with Gasteiger partial charge in [-0.2, -0.15) is 0 Å². The molecule has 1 aliphatic rings. The van der Waals surface area contributed by atoms with Crippen molar-refractivity contribution in [3.63, 3.8) is 0 Å². The molecule has 2 aromatic rings. The second kappa shape index (κ2) is 4.82. The van der Waals surface area contributed by atoms with E-state index in [0.717, 1.165) is 17.3 Å². The van der Waals surface area contributed by atoms with E-state index in [1.165, 1.54) is 30.3 Å². The number of fused-ring (bicyclic) bond motifs is 1. The van der Waals surface area contributed by atoms with Crippen molar-refractivity contribution in [1.82, 2.24) is 9.55 Å². The molecule has 2 unspecified atom stereocenters. The maximum atomic E-state index is 6.35. The third-order valence-corrected chi connectivity index (χ3v) is 4.66. The lowest BCUT2D eigenvalue weighted by Crippen LogP contribution is -2.24. The third kappa shape index (κ3) is 2.16. The van der Waals surface area contributed by atoms with Gasteiger partial charge >= 0.3 is 0 Å². The van der Waals surface area contributed by atoms with Crippen LogP contribution in [0.4, 0.5) is 0 Å². The summed E-state index contributed by atoms with van der Waals surface area (Å²) in [5.41, 5.74) is 3.56. The van der Waals surface area contributed by atoms with Gasteiger partial charge in [-0.1, -0.05) is 12.5 Å². The molecule has 0 spiro atoms. The molecule has 0 aliphatic heterocycles. The maximum absolute atomic E-state index is 6.35. The predicted octanol–water partition coefficient (Wildman–Crippen LogP) is 5.01. The van der Waals surface area contributed by atoms with Crippen molar-refractivity contribution in [3.05, 3.63) is 29.6 Å². The second-order valence-corrected chi connectivity index (χ2v) is 6.53. The van der Waals surface area contributed by atoms with E-state index < -0.39 is 0 Å². The van der Waals surface area contributed by atoms with Crippen LogP contribution in [-0.2, 0) is 0 Å². The van der Waals surface area contributed by atoms with E-state index in [0.29, 0.717) is 6.04 Å². The maximum Gasteiger partial charge on any atom is 0.127 e. The van der Waals surface area contributed by atoms with Crippen LogP contribution in [0.5, 0.6) is 0 Å². The summed E-state index contributed by atoms with van der Waals surface area (Å²) in [7, 11) is 0. The van der Waals surface area contributed by atoms with E-state index in [1.807, 2.05) is 6.92 Å². The average Bonchev–Trinajstić information content (AvgIpc) is 2.64. The Morgan fingerprint density at radius 3 is 2.63 bits per heavy atom. The molecule has 19 heavy (non-hydrogen) atoms. The summed E-state index contributed by atoms with van der Waals surface area (Å²) in [5.74, 6) is 1.80. The first-order valence-corrected chi connectivity index (χ1v) is 7.64. The van der Waals surface area contributed by atoms with E-state index >= 15 is 0 Å². The van der Waals surface area contributed by atoms with E-state index in [-0.39, 0.29) is 5.38 Å². The van der Waals surface area contributed by atoms with Crippen LogP contribution in [-0.4, -0.2) is 9.55 Å². The van der Waals surface area contributed by atoms with Gasteiger partial charge in [0.2, 0.25) is 0 Å². The van der Waals surface area contributed by atoms with Crippen LogP contribution in [0.3, 0.4) is 0 Å². The van der Waals surface area contributed by atoms with Crippen LogP contribution < -0.4 is 0 Å². The van der Waals surface area contributed by atoms with Gasteiger partial charge in [-0.3, -0.25) is 0 Å². The summed E-state index contributed by atoms with van der Waals surface area (Å²) >= 11 is 6.35. The Balaban J connectivity index is 2.15. The Kier molecular flexibility index (Phi) is 3.30. The fraction of sp³-hybridized carbons (Fsp3) is 0.562. The van der Waals surface area contributed by atoms with Gasteiger partial charge in [0.15, 0.2) is 0 Å². The Labute approximate surface area is 119 Å². The Hall–Kier alpha value is -1.02. The zero-order chi connectivity index (χ0) is 13.6. The number of aromatic nitrogens is 2. The molecule has 0 radical (unpaired) electrons. The van der Waals surface area contributed by atoms with E-state index in [4.69, 9.17) is 16.6 Å². The molecule has 1 aromatic carbocycles. The Bertz CT molecular complexity index is 596. The van der Waals surface area contributed by atoms with Gasteiger partial charge in [-0.05, 0) is 57.2 Å². The fourth-order valence-corrected chi connectivity index (χ4v) is 3.22. The molecule has 0 N–H and O–H groups in total. The zero-order valence-corrected chi connectivity index (χ0v) is 12.6. The van der Waals surface area contributed by atoms with Gasteiger partial charge in [0.05, 0.1) is 16.4 Å². The normalized spacial score (nSPS) is 19.4. The summed E-state index contributed by atoms with van der Waals surface area (Å²) in [4.78, 5) is 4.77. The van der Waals surface area contributed by atoms with Gasteiger partial charge < -0.3 is 4.57 Å². The number of aryl methyl sites for hydroxylation is 1. The molecule has 102 valence electrons. The molecule has 2 atom stereocenters. The van der Waals surface area contributed by atoms with Crippen LogP contribution in [0.15, 0.2) is 18.2 Å².